The smallest absolute Gasteiger partial charge is 0.00926 e. The average molecular weight is 241 g/mol. The molecule has 0 radical (unpaired) electrons. The lowest BCUT2D eigenvalue weighted by atomic mass is 9.86. The second kappa shape index (κ2) is 8.97. The lowest BCUT2D eigenvalue weighted by Gasteiger charge is -2.26. The standard InChI is InChI=1S/C16H35N/c1-7-10-14(3)15(17-13-8-2)11-9-12-16(4,5)6/h14-15,17H,7-13H2,1-6H3. The van der Waals surface area contributed by atoms with Crippen LogP contribution in [0.4, 0.5) is 0 Å². The van der Waals surface area contributed by atoms with Crippen molar-refractivity contribution in [2.24, 2.45) is 11.3 Å². The molecule has 0 saturated carbocycles. The van der Waals surface area contributed by atoms with Crippen LogP contribution in [-0.2, 0) is 0 Å². The van der Waals surface area contributed by atoms with E-state index >= 15 is 0 Å². The monoisotopic (exact) mass is 241 g/mol. The van der Waals surface area contributed by atoms with Crippen molar-refractivity contribution < 1.29 is 0 Å². The third-order valence-electron chi connectivity index (χ3n) is 3.53. The molecule has 17 heavy (non-hydrogen) atoms. The molecule has 0 aromatic heterocycles. The molecule has 1 heteroatoms. The molecule has 0 saturated heterocycles. The molecule has 0 heterocycles. The van der Waals surface area contributed by atoms with Gasteiger partial charge in [0.05, 0.1) is 0 Å². The molecule has 0 amide bonds. The predicted octanol–water partition coefficient (Wildman–Crippen LogP) is 5.01. The van der Waals surface area contributed by atoms with Crippen LogP contribution in [0.5, 0.6) is 0 Å². The zero-order chi connectivity index (χ0) is 13.3. The Morgan fingerprint density at radius 3 is 2.12 bits per heavy atom. The molecule has 0 bridgehead atoms. The molecule has 0 fully saturated rings. The van der Waals surface area contributed by atoms with Crippen molar-refractivity contribution in [1.29, 1.82) is 0 Å². The van der Waals surface area contributed by atoms with E-state index in [1.54, 1.807) is 0 Å². The summed E-state index contributed by atoms with van der Waals surface area (Å²) in [5.41, 5.74) is 0.489. The van der Waals surface area contributed by atoms with Crippen LogP contribution in [0.25, 0.3) is 0 Å². The maximum absolute atomic E-state index is 3.74. The van der Waals surface area contributed by atoms with E-state index in [2.05, 4.69) is 46.9 Å². The number of nitrogens with one attached hydrogen (secondary N) is 1. The summed E-state index contributed by atoms with van der Waals surface area (Å²) in [6.07, 6.45) is 7.96. The first kappa shape index (κ1) is 17.0. The van der Waals surface area contributed by atoms with Gasteiger partial charge in [0.2, 0.25) is 0 Å². The summed E-state index contributed by atoms with van der Waals surface area (Å²) in [5.74, 6) is 0.825. The maximum Gasteiger partial charge on any atom is 0.00926 e. The molecule has 0 aromatic carbocycles. The highest BCUT2D eigenvalue weighted by Crippen LogP contribution is 2.24. The molecular formula is C16H35N. The Balaban J connectivity index is 4.00. The number of hydrogen-bond acceptors (Lipinski definition) is 1. The van der Waals surface area contributed by atoms with Gasteiger partial charge in [-0.25, -0.2) is 0 Å². The largest absolute Gasteiger partial charge is 0.314 e. The van der Waals surface area contributed by atoms with Gasteiger partial charge < -0.3 is 5.32 Å². The third-order valence-corrected chi connectivity index (χ3v) is 3.53. The topological polar surface area (TPSA) is 12.0 Å². The van der Waals surface area contributed by atoms with Crippen LogP contribution in [0.2, 0.25) is 0 Å². The molecule has 0 spiro atoms. The SMILES string of the molecule is CCCNC(CCCC(C)(C)C)C(C)CCC. The second-order valence-corrected chi connectivity index (χ2v) is 6.78. The van der Waals surface area contributed by atoms with E-state index in [0.717, 1.165) is 12.0 Å². The van der Waals surface area contributed by atoms with E-state index in [1.165, 1.54) is 45.1 Å². The minimum Gasteiger partial charge on any atom is -0.314 e. The van der Waals surface area contributed by atoms with E-state index in [9.17, 15) is 0 Å². The maximum atomic E-state index is 3.74. The van der Waals surface area contributed by atoms with Gasteiger partial charge in [-0.15, -0.1) is 0 Å². The van der Waals surface area contributed by atoms with E-state index < -0.39 is 0 Å². The highest BCUT2D eigenvalue weighted by molar-refractivity contribution is 4.74. The van der Waals surface area contributed by atoms with Gasteiger partial charge >= 0.3 is 0 Å². The summed E-state index contributed by atoms with van der Waals surface area (Å²) in [4.78, 5) is 0. The Morgan fingerprint density at radius 1 is 1.00 bits per heavy atom. The Hall–Kier alpha value is -0.0400. The Bertz CT molecular complexity index is 169. The predicted molar refractivity (Wildman–Crippen MR) is 79.5 cm³/mol. The average Bonchev–Trinajstić information content (AvgIpc) is 2.21. The quantitative estimate of drug-likeness (QED) is 0.598. The Labute approximate surface area is 110 Å². The van der Waals surface area contributed by atoms with Crippen LogP contribution >= 0.6 is 0 Å². The van der Waals surface area contributed by atoms with E-state index in [0.29, 0.717) is 5.41 Å². The van der Waals surface area contributed by atoms with Crippen molar-refractivity contribution in [3.8, 4) is 0 Å². The van der Waals surface area contributed by atoms with E-state index in [-0.39, 0.29) is 0 Å². The van der Waals surface area contributed by atoms with Gasteiger partial charge in [-0.05, 0) is 43.6 Å². The van der Waals surface area contributed by atoms with Gasteiger partial charge in [0.1, 0.15) is 0 Å². The molecule has 0 aliphatic rings. The minimum atomic E-state index is 0.489. The molecule has 0 aromatic rings. The molecule has 1 nitrogen and oxygen atoms in total. The van der Waals surface area contributed by atoms with Crippen molar-refractivity contribution in [1.82, 2.24) is 5.32 Å². The third kappa shape index (κ3) is 9.64. The second-order valence-electron chi connectivity index (χ2n) is 6.78. The van der Waals surface area contributed by atoms with Crippen LogP contribution in [-0.4, -0.2) is 12.6 Å². The highest BCUT2D eigenvalue weighted by Gasteiger charge is 2.17. The highest BCUT2D eigenvalue weighted by atomic mass is 14.9. The first-order valence-electron chi connectivity index (χ1n) is 7.64. The zero-order valence-corrected chi connectivity index (χ0v) is 13.1. The van der Waals surface area contributed by atoms with Gasteiger partial charge in [-0.3, -0.25) is 0 Å². The summed E-state index contributed by atoms with van der Waals surface area (Å²) in [6.45, 7) is 15.2. The first-order valence-corrected chi connectivity index (χ1v) is 7.64. The minimum absolute atomic E-state index is 0.489. The molecule has 2 atom stereocenters. The Morgan fingerprint density at radius 2 is 1.65 bits per heavy atom. The summed E-state index contributed by atoms with van der Waals surface area (Å²) < 4.78 is 0. The fraction of sp³-hybridized carbons (Fsp3) is 1.00. The van der Waals surface area contributed by atoms with Crippen molar-refractivity contribution in [3.05, 3.63) is 0 Å². The van der Waals surface area contributed by atoms with Crippen LogP contribution < -0.4 is 5.32 Å². The van der Waals surface area contributed by atoms with E-state index in [4.69, 9.17) is 0 Å². The zero-order valence-electron chi connectivity index (χ0n) is 13.1. The van der Waals surface area contributed by atoms with Crippen molar-refractivity contribution >= 4 is 0 Å². The number of rotatable bonds is 9. The summed E-state index contributed by atoms with van der Waals surface area (Å²) >= 11 is 0. The fourth-order valence-corrected chi connectivity index (χ4v) is 2.43. The molecule has 0 rings (SSSR count). The molecule has 0 aliphatic carbocycles. The van der Waals surface area contributed by atoms with Gasteiger partial charge in [0.25, 0.3) is 0 Å². The fourth-order valence-electron chi connectivity index (χ4n) is 2.43. The number of hydrogen-bond donors (Lipinski definition) is 1. The normalized spacial score (nSPS) is 15.9. The summed E-state index contributed by atoms with van der Waals surface area (Å²) in [7, 11) is 0. The van der Waals surface area contributed by atoms with Gasteiger partial charge in [0.15, 0.2) is 0 Å². The van der Waals surface area contributed by atoms with E-state index in [1.807, 2.05) is 0 Å². The first-order chi connectivity index (χ1) is 7.90. The summed E-state index contributed by atoms with van der Waals surface area (Å²) in [6, 6.07) is 0.734. The van der Waals surface area contributed by atoms with Crippen LogP contribution in [0.1, 0.15) is 80.1 Å². The molecule has 104 valence electrons. The molecular weight excluding hydrogens is 206 g/mol. The van der Waals surface area contributed by atoms with Gasteiger partial charge in [-0.1, -0.05) is 54.4 Å². The van der Waals surface area contributed by atoms with Crippen molar-refractivity contribution in [2.45, 2.75) is 86.1 Å². The molecule has 2 unspecified atom stereocenters. The van der Waals surface area contributed by atoms with Crippen molar-refractivity contribution in [3.63, 3.8) is 0 Å². The van der Waals surface area contributed by atoms with Gasteiger partial charge in [0, 0.05) is 6.04 Å². The van der Waals surface area contributed by atoms with Crippen molar-refractivity contribution in [2.75, 3.05) is 6.54 Å². The van der Waals surface area contributed by atoms with Crippen LogP contribution in [0.3, 0.4) is 0 Å². The molecule has 0 aliphatic heterocycles. The van der Waals surface area contributed by atoms with Crippen LogP contribution in [0, 0.1) is 11.3 Å². The lowest BCUT2D eigenvalue weighted by molar-refractivity contribution is 0.297. The van der Waals surface area contributed by atoms with Crippen LogP contribution in [0.15, 0.2) is 0 Å². The molecule has 1 N–H and O–H groups in total. The summed E-state index contributed by atoms with van der Waals surface area (Å²) in [5, 5.41) is 3.74. The lowest BCUT2D eigenvalue weighted by Crippen LogP contribution is -2.35. The van der Waals surface area contributed by atoms with Gasteiger partial charge in [-0.2, -0.15) is 0 Å². The Kier molecular flexibility index (Phi) is 8.94.